The van der Waals surface area contributed by atoms with Crippen molar-refractivity contribution in [2.75, 3.05) is 0 Å². The topological polar surface area (TPSA) is 0 Å². The predicted octanol–water partition coefficient (Wildman–Crippen LogP) is -6.90. The summed E-state index contributed by atoms with van der Waals surface area (Å²) in [5.41, 5.74) is 3.04. The first-order valence-corrected chi connectivity index (χ1v) is 8.67. The Kier molecular flexibility index (Phi) is 7.13. The molecule has 0 bridgehead atoms. The van der Waals surface area contributed by atoms with Gasteiger partial charge in [0.15, 0.2) is 0 Å². The largest absolute Gasteiger partial charge is 1.00 e. The molecule has 0 fully saturated rings. The maximum atomic E-state index is 3.56. The van der Waals surface area contributed by atoms with Gasteiger partial charge in [-0.1, -0.05) is 0 Å². The van der Waals surface area contributed by atoms with Crippen LogP contribution in [-0.4, -0.2) is 5.25 Å². The minimum Gasteiger partial charge on any atom is -1.00 e. The molecule has 0 radical (unpaired) electrons. The average Bonchev–Trinajstić information content (AvgIpc) is 2.83. The van der Waals surface area contributed by atoms with Crippen molar-refractivity contribution in [2.45, 2.75) is 10.1 Å². The van der Waals surface area contributed by atoms with Crippen LogP contribution in [0, 0.1) is 0 Å². The van der Waals surface area contributed by atoms with Crippen molar-refractivity contribution in [3.8, 4) is 0 Å². The minimum absolute atomic E-state index is 0. The SMILES string of the molecule is Brc1ccc2c(c1)=CC1Sc3ccc[c]([Zr+3])c3C=21.[Cl-].[Cl-].[Cl-]. The third-order valence-corrected chi connectivity index (χ3v) is 6.21. The Balaban J connectivity index is 0.000000735. The number of thioether (sulfide) groups is 1. The molecule has 1 aliphatic carbocycles. The maximum absolute atomic E-state index is 3.56. The molecule has 1 heterocycles. The maximum Gasteiger partial charge on any atom is -1.00 e. The fraction of sp³-hybridized carbons (Fsp3) is 0.0667. The van der Waals surface area contributed by atoms with Gasteiger partial charge in [-0.15, -0.1) is 0 Å². The van der Waals surface area contributed by atoms with Crippen LogP contribution in [0.1, 0.15) is 5.56 Å². The summed E-state index contributed by atoms with van der Waals surface area (Å²) >= 11 is 7.05. The molecular weight excluding hydrogens is 490 g/mol. The molecule has 4 rings (SSSR count). The van der Waals surface area contributed by atoms with Crippen molar-refractivity contribution in [3.63, 3.8) is 0 Å². The molecule has 1 aliphatic heterocycles. The molecule has 0 saturated heterocycles. The second kappa shape index (κ2) is 7.55. The molecule has 106 valence electrons. The van der Waals surface area contributed by atoms with Crippen molar-refractivity contribution >= 4 is 42.6 Å². The summed E-state index contributed by atoms with van der Waals surface area (Å²) in [7, 11) is 0. The molecule has 0 amide bonds. The Labute approximate surface area is 170 Å². The summed E-state index contributed by atoms with van der Waals surface area (Å²) in [4.78, 5) is 1.45. The molecule has 2 aromatic rings. The fourth-order valence-corrected chi connectivity index (χ4v) is 5.58. The van der Waals surface area contributed by atoms with E-state index in [4.69, 9.17) is 0 Å². The second-order valence-corrected chi connectivity index (χ2v) is 7.95. The van der Waals surface area contributed by atoms with E-state index >= 15 is 0 Å². The zero-order valence-corrected chi connectivity index (χ0v) is 17.7. The van der Waals surface area contributed by atoms with Crippen LogP contribution < -0.4 is 50.9 Å². The Morgan fingerprint density at radius 1 is 1.05 bits per heavy atom. The summed E-state index contributed by atoms with van der Waals surface area (Å²) in [5, 5.41) is 3.32. The molecule has 1 unspecified atom stereocenters. The predicted molar refractivity (Wildman–Crippen MR) is 76.1 cm³/mol. The summed E-state index contributed by atoms with van der Waals surface area (Å²) < 4.78 is 2.65. The van der Waals surface area contributed by atoms with Crippen LogP contribution in [0.15, 0.2) is 45.8 Å². The van der Waals surface area contributed by atoms with Gasteiger partial charge in [0.2, 0.25) is 0 Å². The first kappa shape index (κ1) is 19.8. The molecule has 2 aromatic carbocycles. The molecule has 2 aliphatic rings. The molecule has 0 aromatic heterocycles. The van der Waals surface area contributed by atoms with Crippen LogP contribution in [0.3, 0.4) is 0 Å². The van der Waals surface area contributed by atoms with Gasteiger partial charge < -0.3 is 37.2 Å². The Hall–Kier alpha value is 0.763. The van der Waals surface area contributed by atoms with Gasteiger partial charge in [-0.05, 0) is 0 Å². The first-order chi connectivity index (χ1) is 8.74. The van der Waals surface area contributed by atoms with Crippen LogP contribution in [0.5, 0.6) is 0 Å². The van der Waals surface area contributed by atoms with Crippen LogP contribution in [-0.2, 0) is 24.7 Å². The normalized spacial score (nSPS) is 16.5. The summed E-state index contributed by atoms with van der Waals surface area (Å²) in [6.45, 7) is 0. The molecule has 6 heteroatoms. The standard InChI is InChI=1S/C15H8BrS.3ClH.Zr/c16-10-5-6-11-9(7-10)8-14-15(11)12-3-1-2-4-13(12)17-14;;;;/h1-2,4-8,14H;3*1H;/q;;;;+3/p-3. The van der Waals surface area contributed by atoms with Crippen molar-refractivity contribution in [1.82, 2.24) is 0 Å². The number of hydrogen-bond acceptors (Lipinski definition) is 1. The second-order valence-electron chi connectivity index (χ2n) is 4.53. The van der Waals surface area contributed by atoms with Gasteiger partial charge in [-0.25, -0.2) is 0 Å². The van der Waals surface area contributed by atoms with Crippen molar-refractivity contribution in [1.29, 1.82) is 0 Å². The van der Waals surface area contributed by atoms with Crippen LogP contribution in [0.4, 0.5) is 0 Å². The van der Waals surface area contributed by atoms with E-state index in [-0.39, 0.29) is 37.2 Å². The van der Waals surface area contributed by atoms with Gasteiger partial charge in [-0.3, -0.25) is 0 Å². The van der Waals surface area contributed by atoms with Gasteiger partial charge >= 0.3 is 134 Å². The Morgan fingerprint density at radius 3 is 2.57 bits per heavy atom. The Morgan fingerprint density at radius 2 is 1.81 bits per heavy atom. The summed E-state index contributed by atoms with van der Waals surface area (Å²) in [6, 6.07) is 13.3. The third kappa shape index (κ3) is 3.20. The van der Waals surface area contributed by atoms with E-state index < -0.39 is 0 Å². The molecule has 0 saturated carbocycles. The fourth-order valence-electron chi connectivity index (χ4n) is 2.73. The molecule has 0 nitrogen and oxygen atoms in total. The van der Waals surface area contributed by atoms with Crippen LogP contribution in [0.25, 0.3) is 11.6 Å². The van der Waals surface area contributed by atoms with Gasteiger partial charge in [0.05, 0.1) is 0 Å². The van der Waals surface area contributed by atoms with Crippen molar-refractivity contribution in [2.24, 2.45) is 0 Å². The Bertz CT molecular complexity index is 807. The molecular formula is C15H8BrCl3SZr. The zero-order chi connectivity index (χ0) is 12.3. The van der Waals surface area contributed by atoms with E-state index in [0.29, 0.717) is 5.25 Å². The van der Waals surface area contributed by atoms with Crippen molar-refractivity contribution < 1.29 is 61.9 Å². The minimum atomic E-state index is 0. The van der Waals surface area contributed by atoms with E-state index in [9.17, 15) is 0 Å². The zero-order valence-electron chi connectivity index (χ0n) is 10.5. The number of halogens is 4. The molecule has 0 spiro atoms. The first-order valence-electron chi connectivity index (χ1n) is 5.77. The van der Waals surface area contributed by atoms with E-state index in [1.807, 2.05) is 11.8 Å². The van der Waals surface area contributed by atoms with Crippen LogP contribution >= 0.6 is 27.7 Å². The van der Waals surface area contributed by atoms with Gasteiger partial charge in [0, 0.05) is 0 Å². The third-order valence-electron chi connectivity index (χ3n) is 3.47. The molecule has 0 N–H and O–H groups in total. The van der Waals surface area contributed by atoms with E-state index in [1.165, 1.54) is 58.9 Å². The summed E-state index contributed by atoms with van der Waals surface area (Å²) in [5.74, 6) is 0. The number of benzene rings is 2. The van der Waals surface area contributed by atoms with Crippen LogP contribution in [0.2, 0.25) is 0 Å². The van der Waals surface area contributed by atoms with E-state index in [0.717, 1.165) is 0 Å². The van der Waals surface area contributed by atoms with Gasteiger partial charge in [0.25, 0.3) is 0 Å². The number of fused-ring (bicyclic) bond motifs is 4. The van der Waals surface area contributed by atoms with E-state index in [1.54, 1.807) is 0 Å². The number of rotatable bonds is 0. The molecule has 1 atom stereocenters. The smallest absolute Gasteiger partial charge is 1.00 e. The molecule has 21 heavy (non-hydrogen) atoms. The summed E-state index contributed by atoms with van der Waals surface area (Å²) in [6.07, 6.45) is 2.40. The van der Waals surface area contributed by atoms with Crippen molar-refractivity contribution in [3.05, 3.63) is 56.9 Å². The monoisotopic (exact) mass is 494 g/mol. The quantitative estimate of drug-likeness (QED) is 0.349. The van der Waals surface area contributed by atoms with Gasteiger partial charge in [-0.2, -0.15) is 0 Å². The number of hydrogen-bond donors (Lipinski definition) is 0. The average molecular weight is 498 g/mol. The van der Waals surface area contributed by atoms with E-state index in [2.05, 4.69) is 58.4 Å². The van der Waals surface area contributed by atoms with Gasteiger partial charge in [0.1, 0.15) is 0 Å².